The van der Waals surface area contributed by atoms with Crippen LogP contribution < -0.4 is 9.80 Å². The molecule has 0 bridgehead atoms. The van der Waals surface area contributed by atoms with Gasteiger partial charge >= 0.3 is 0 Å². The van der Waals surface area contributed by atoms with Gasteiger partial charge in [-0.15, -0.1) is 10.2 Å². The summed E-state index contributed by atoms with van der Waals surface area (Å²) in [5.41, 5.74) is 0. The smallest absolute Gasteiger partial charge is 0.236 e. The summed E-state index contributed by atoms with van der Waals surface area (Å²) < 4.78 is 5.74. The summed E-state index contributed by atoms with van der Waals surface area (Å²) in [7, 11) is 0. The monoisotopic (exact) mass is 402 g/mol. The van der Waals surface area contributed by atoms with Gasteiger partial charge < -0.3 is 19.4 Å². The van der Waals surface area contributed by atoms with E-state index in [4.69, 9.17) is 4.74 Å². The fourth-order valence-corrected chi connectivity index (χ4v) is 4.59. The molecular formula is C21H34N6O2. The molecule has 0 spiro atoms. The van der Waals surface area contributed by atoms with Gasteiger partial charge in [0.05, 0.1) is 18.8 Å². The predicted molar refractivity (Wildman–Crippen MR) is 113 cm³/mol. The summed E-state index contributed by atoms with van der Waals surface area (Å²) >= 11 is 0. The van der Waals surface area contributed by atoms with E-state index >= 15 is 0 Å². The number of morpholine rings is 1. The third-order valence-electron chi connectivity index (χ3n) is 6.14. The Morgan fingerprint density at radius 2 is 1.45 bits per heavy atom. The maximum atomic E-state index is 12.7. The molecule has 8 nitrogen and oxygen atoms in total. The fraction of sp³-hybridized carbons (Fsp3) is 0.762. The number of aromatic nitrogens is 2. The van der Waals surface area contributed by atoms with Crippen molar-refractivity contribution in [3.05, 3.63) is 12.1 Å². The van der Waals surface area contributed by atoms with E-state index in [0.717, 1.165) is 50.9 Å². The lowest BCUT2D eigenvalue weighted by molar-refractivity contribution is -0.144. The van der Waals surface area contributed by atoms with Crippen molar-refractivity contribution in [2.75, 3.05) is 68.7 Å². The van der Waals surface area contributed by atoms with Gasteiger partial charge in [-0.25, -0.2) is 0 Å². The van der Waals surface area contributed by atoms with Gasteiger partial charge in [0.25, 0.3) is 0 Å². The fourth-order valence-electron chi connectivity index (χ4n) is 4.59. The van der Waals surface area contributed by atoms with Crippen molar-refractivity contribution in [1.29, 1.82) is 0 Å². The molecule has 1 aromatic rings. The van der Waals surface area contributed by atoms with Crippen LogP contribution in [0.4, 0.5) is 11.6 Å². The van der Waals surface area contributed by atoms with Crippen LogP contribution in [0.2, 0.25) is 0 Å². The lowest BCUT2D eigenvalue weighted by atomic mass is 10.1. The number of anilines is 2. The first-order valence-electron chi connectivity index (χ1n) is 11.1. The highest BCUT2D eigenvalue weighted by molar-refractivity contribution is 5.78. The van der Waals surface area contributed by atoms with E-state index in [9.17, 15) is 4.79 Å². The lowest BCUT2D eigenvalue weighted by Crippen LogP contribution is -2.54. The van der Waals surface area contributed by atoms with Crippen molar-refractivity contribution < 1.29 is 9.53 Å². The molecule has 0 N–H and O–H groups in total. The number of amides is 1. The molecule has 3 saturated heterocycles. The van der Waals surface area contributed by atoms with Crippen molar-refractivity contribution >= 4 is 17.5 Å². The van der Waals surface area contributed by atoms with E-state index < -0.39 is 0 Å². The van der Waals surface area contributed by atoms with Crippen molar-refractivity contribution in [1.82, 2.24) is 20.0 Å². The topological polar surface area (TPSA) is 65.0 Å². The average molecular weight is 403 g/mol. The predicted octanol–water partition coefficient (Wildman–Crippen LogP) is 1.22. The standard InChI is InChI=1S/C21H34N6O2/c1-17-14-27(15-18(2)29-17)21(28)16-24-10-12-26(13-11-24)20-7-6-19(22-23-20)25-8-4-3-5-9-25/h6-7,17-18H,3-5,8-16H2,1-2H3. The molecule has 8 heteroatoms. The van der Waals surface area contributed by atoms with Gasteiger partial charge in [0.15, 0.2) is 11.6 Å². The summed E-state index contributed by atoms with van der Waals surface area (Å²) in [5.74, 6) is 2.14. The molecule has 160 valence electrons. The highest BCUT2D eigenvalue weighted by Gasteiger charge is 2.28. The Hall–Kier alpha value is -1.93. The molecule has 0 aliphatic carbocycles. The van der Waals surface area contributed by atoms with Crippen molar-refractivity contribution in [3.63, 3.8) is 0 Å². The molecule has 0 radical (unpaired) electrons. The minimum atomic E-state index is 0.117. The summed E-state index contributed by atoms with van der Waals surface area (Å²) in [5, 5.41) is 8.95. The van der Waals surface area contributed by atoms with Crippen molar-refractivity contribution in [2.45, 2.75) is 45.3 Å². The van der Waals surface area contributed by atoms with Crippen LogP contribution in [-0.4, -0.2) is 97.0 Å². The molecule has 4 rings (SSSR count). The molecule has 0 aromatic carbocycles. The van der Waals surface area contributed by atoms with Gasteiger partial charge in [-0.3, -0.25) is 9.69 Å². The van der Waals surface area contributed by atoms with E-state index in [1.807, 2.05) is 18.7 Å². The third-order valence-corrected chi connectivity index (χ3v) is 6.14. The zero-order chi connectivity index (χ0) is 20.2. The van der Waals surface area contributed by atoms with Crippen LogP contribution in [0.15, 0.2) is 12.1 Å². The summed E-state index contributed by atoms with van der Waals surface area (Å²) in [6.45, 7) is 11.6. The van der Waals surface area contributed by atoms with Crippen LogP contribution in [0.1, 0.15) is 33.1 Å². The summed E-state index contributed by atoms with van der Waals surface area (Å²) in [6.07, 6.45) is 4.04. The number of rotatable bonds is 4. The highest BCUT2D eigenvalue weighted by atomic mass is 16.5. The van der Waals surface area contributed by atoms with Crippen LogP contribution >= 0.6 is 0 Å². The van der Waals surface area contributed by atoms with Crippen LogP contribution in [0.5, 0.6) is 0 Å². The van der Waals surface area contributed by atoms with E-state index in [2.05, 4.69) is 37.0 Å². The van der Waals surface area contributed by atoms with Gasteiger partial charge in [-0.2, -0.15) is 0 Å². The summed E-state index contributed by atoms with van der Waals surface area (Å²) in [4.78, 5) is 21.5. The molecule has 3 aliphatic rings. The number of piperazine rings is 1. The molecule has 3 aliphatic heterocycles. The molecule has 1 aromatic heterocycles. The number of hydrogen-bond acceptors (Lipinski definition) is 7. The third kappa shape index (κ3) is 5.17. The number of carbonyl (C=O) groups excluding carboxylic acids is 1. The Bertz CT molecular complexity index is 660. The maximum Gasteiger partial charge on any atom is 0.236 e. The van der Waals surface area contributed by atoms with Crippen LogP contribution in [0, 0.1) is 0 Å². The minimum Gasteiger partial charge on any atom is -0.372 e. The Morgan fingerprint density at radius 3 is 2.00 bits per heavy atom. The molecule has 2 unspecified atom stereocenters. The van der Waals surface area contributed by atoms with Crippen LogP contribution in [-0.2, 0) is 9.53 Å². The molecule has 0 saturated carbocycles. The minimum absolute atomic E-state index is 0.117. The largest absolute Gasteiger partial charge is 0.372 e. The molecule has 2 atom stereocenters. The second kappa shape index (κ2) is 9.26. The van der Waals surface area contributed by atoms with E-state index in [1.165, 1.54) is 19.3 Å². The molecule has 29 heavy (non-hydrogen) atoms. The number of ether oxygens (including phenoxy) is 1. The molecule has 3 fully saturated rings. The first-order valence-corrected chi connectivity index (χ1v) is 11.1. The Kier molecular flexibility index (Phi) is 6.50. The van der Waals surface area contributed by atoms with E-state index in [-0.39, 0.29) is 18.1 Å². The maximum absolute atomic E-state index is 12.7. The Balaban J connectivity index is 1.25. The molecular weight excluding hydrogens is 368 g/mol. The SMILES string of the molecule is CC1CN(C(=O)CN2CCN(c3ccc(N4CCCCC4)nn3)CC2)CC(C)O1. The van der Waals surface area contributed by atoms with Gasteiger partial charge in [-0.05, 0) is 45.2 Å². The number of carbonyl (C=O) groups is 1. The van der Waals surface area contributed by atoms with Crippen LogP contribution in [0.3, 0.4) is 0 Å². The zero-order valence-corrected chi connectivity index (χ0v) is 17.8. The van der Waals surface area contributed by atoms with Gasteiger partial charge in [-0.1, -0.05) is 0 Å². The lowest BCUT2D eigenvalue weighted by Gasteiger charge is -2.38. The number of piperidine rings is 1. The Labute approximate surface area is 173 Å². The van der Waals surface area contributed by atoms with Crippen molar-refractivity contribution in [3.8, 4) is 0 Å². The quantitative estimate of drug-likeness (QED) is 0.750. The number of nitrogens with zero attached hydrogens (tertiary/aromatic N) is 6. The first kappa shape index (κ1) is 20.3. The Morgan fingerprint density at radius 1 is 0.897 bits per heavy atom. The number of hydrogen-bond donors (Lipinski definition) is 0. The summed E-state index contributed by atoms with van der Waals surface area (Å²) in [6, 6.07) is 4.19. The normalized spacial score (nSPS) is 26.6. The highest BCUT2D eigenvalue weighted by Crippen LogP contribution is 2.20. The van der Waals surface area contributed by atoms with Gasteiger partial charge in [0.2, 0.25) is 5.91 Å². The second-order valence-corrected chi connectivity index (χ2v) is 8.62. The van der Waals surface area contributed by atoms with E-state index in [1.54, 1.807) is 0 Å². The van der Waals surface area contributed by atoms with Crippen LogP contribution in [0.25, 0.3) is 0 Å². The first-order chi connectivity index (χ1) is 14.1. The van der Waals surface area contributed by atoms with E-state index in [0.29, 0.717) is 19.6 Å². The average Bonchev–Trinajstić information content (AvgIpc) is 2.74. The zero-order valence-electron chi connectivity index (χ0n) is 17.8. The molecule has 1 amide bonds. The van der Waals surface area contributed by atoms with Crippen molar-refractivity contribution in [2.24, 2.45) is 0 Å². The van der Waals surface area contributed by atoms with Gasteiger partial charge in [0, 0.05) is 52.4 Å². The second-order valence-electron chi connectivity index (χ2n) is 8.62. The molecule has 4 heterocycles. The van der Waals surface area contributed by atoms with Gasteiger partial charge in [0.1, 0.15) is 0 Å².